The maximum Gasteiger partial charge on any atom is 0.325 e. The molecule has 0 saturated heterocycles. The summed E-state index contributed by atoms with van der Waals surface area (Å²) >= 11 is 1.63. The zero-order chi connectivity index (χ0) is 19.2. The number of nitrogens with zero attached hydrogens (tertiary/aromatic N) is 1. The first-order chi connectivity index (χ1) is 13.0. The molecule has 3 aromatic rings. The number of aromatic nitrogens is 2. The monoisotopic (exact) mass is 380 g/mol. The van der Waals surface area contributed by atoms with Gasteiger partial charge in [-0.1, -0.05) is 35.4 Å². The summed E-state index contributed by atoms with van der Waals surface area (Å²) < 4.78 is 0. The van der Waals surface area contributed by atoms with Gasteiger partial charge in [0, 0.05) is 11.0 Å². The van der Waals surface area contributed by atoms with Crippen molar-refractivity contribution in [1.82, 2.24) is 9.97 Å². The van der Waals surface area contributed by atoms with E-state index in [1.807, 2.05) is 31.2 Å². The summed E-state index contributed by atoms with van der Waals surface area (Å²) in [5.41, 5.74) is 9.66. The van der Waals surface area contributed by atoms with Gasteiger partial charge in [-0.05, 0) is 38.1 Å². The number of aryl methyl sites for hydroxylation is 2. The SMILES string of the molecule is Cc1ccc(NC(N)=[NH+]c2nc(CSc3ccc(C)cc3)cc(=O)[nH]2)cc1. The van der Waals surface area contributed by atoms with Crippen molar-refractivity contribution in [2.24, 2.45) is 5.73 Å². The van der Waals surface area contributed by atoms with Gasteiger partial charge < -0.3 is 5.73 Å². The van der Waals surface area contributed by atoms with E-state index in [0.29, 0.717) is 17.4 Å². The second-order valence-corrected chi connectivity index (χ2v) is 7.27. The van der Waals surface area contributed by atoms with Crippen LogP contribution in [0.5, 0.6) is 0 Å². The third-order valence-corrected chi connectivity index (χ3v) is 4.83. The highest BCUT2D eigenvalue weighted by molar-refractivity contribution is 7.98. The molecule has 3 rings (SSSR count). The number of H-pyrrole nitrogens is 1. The molecule has 0 fully saturated rings. The van der Waals surface area contributed by atoms with Crippen LogP contribution in [-0.2, 0) is 5.75 Å². The molecule has 27 heavy (non-hydrogen) atoms. The van der Waals surface area contributed by atoms with Crippen molar-refractivity contribution in [3.05, 3.63) is 81.8 Å². The Morgan fingerprint density at radius 1 is 1.11 bits per heavy atom. The highest BCUT2D eigenvalue weighted by Crippen LogP contribution is 2.21. The zero-order valence-corrected chi connectivity index (χ0v) is 16.1. The highest BCUT2D eigenvalue weighted by atomic mass is 32.2. The first kappa shape index (κ1) is 18.7. The molecule has 0 radical (unpaired) electrons. The molecule has 1 heterocycles. The molecule has 0 spiro atoms. The summed E-state index contributed by atoms with van der Waals surface area (Å²) in [6.45, 7) is 4.07. The van der Waals surface area contributed by atoms with Crippen molar-refractivity contribution in [2.75, 3.05) is 5.32 Å². The minimum atomic E-state index is -0.227. The topological polar surface area (TPSA) is 97.8 Å². The van der Waals surface area contributed by atoms with Crippen LogP contribution in [0.15, 0.2) is 64.3 Å². The number of thioether (sulfide) groups is 1. The van der Waals surface area contributed by atoms with E-state index in [0.717, 1.165) is 16.1 Å². The predicted octanol–water partition coefficient (Wildman–Crippen LogP) is 1.82. The van der Waals surface area contributed by atoms with E-state index in [1.54, 1.807) is 11.8 Å². The molecule has 0 aliphatic carbocycles. The molecule has 0 atom stereocenters. The second-order valence-electron chi connectivity index (χ2n) is 6.22. The molecule has 7 heteroatoms. The number of nitrogens with one attached hydrogen (secondary N) is 3. The molecule has 2 aromatic carbocycles. The van der Waals surface area contributed by atoms with Crippen molar-refractivity contribution in [3.8, 4) is 0 Å². The normalized spacial score (nSPS) is 11.4. The molecule has 138 valence electrons. The molecule has 0 aliphatic heterocycles. The van der Waals surface area contributed by atoms with Gasteiger partial charge in [0.15, 0.2) is 0 Å². The van der Waals surface area contributed by atoms with Gasteiger partial charge in [-0.25, -0.2) is 9.98 Å². The Balaban J connectivity index is 1.71. The Morgan fingerprint density at radius 3 is 2.41 bits per heavy atom. The molecule has 0 unspecified atom stereocenters. The van der Waals surface area contributed by atoms with Gasteiger partial charge in [0.1, 0.15) is 5.69 Å². The van der Waals surface area contributed by atoms with Gasteiger partial charge in [-0.15, -0.1) is 16.7 Å². The van der Waals surface area contributed by atoms with E-state index in [9.17, 15) is 4.79 Å². The summed E-state index contributed by atoms with van der Waals surface area (Å²) in [4.78, 5) is 23.0. The summed E-state index contributed by atoms with van der Waals surface area (Å²) in [5.74, 6) is 1.18. The Labute approximate surface area is 162 Å². The van der Waals surface area contributed by atoms with Gasteiger partial charge in [-0.3, -0.25) is 10.1 Å². The Bertz CT molecular complexity index is 994. The molecule has 0 aliphatic rings. The first-order valence-corrected chi connectivity index (χ1v) is 9.49. The van der Waals surface area contributed by atoms with E-state index in [2.05, 4.69) is 51.5 Å². The molecular formula is C20H22N5OS+. The van der Waals surface area contributed by atoms with Crippen LogP contribution in [0.4, 0.5) is 11.6 Å². The molecule has 6 nitrogen and oxygen atoms in total. The predicted molar refractivity (Wildman–Crippen MR) is 110 cm³/mol. The van der Waals surface area contributed by atoms with Crippen LogP contribution in [0, 0.1) is 13.8 Å². The van der Waals surface area contributed by atoms with Crippen LogP contribution in [0.3, 0.4) is 0 Å². The van der Waals surface area contributed by atoms with Crippen LogP contribution in [0.1, 0.15) is 16.8 Å². The van der Waals surface area contributed by atoms with E-state index < -0.39 is 0 Å². The van der Waals surface area contributed by atoms with Crippen LogP contribution < -0.4 is 21.6 Å². The van der Waals surface area contributed by atoms with Crippen molar-refractivity contribution in [1.29, 1.82) is 0 Å². The fourth-order valence-corrected chi connectivity index (χ4v) is 3.18. The number of rotatable bonds is 5. The van der Waals surface area contributed by atoms with Gasteiger partial charge in [-0.2, -0.15) is 0 Å². The molecule has 0 amide bonds. The van der Waals surface area contributed by atoms with E-state index in [-0.39, 0.29) is 11.5 Å². The summed E-state index contributed by atoms with van der Waals surface area (Å²) in [7, 11) is 0. The lowest BCUT2D eigenvalue weighted by molar-refractivity contribution is -0.365. The third kappa shape index (κ3) is 5.72. The Kier molecular flexibility index (Phi) is 5.93. The van der Waals surface area contributed by atoms with Crippen LogP contribution in [0.2, 0.25) is 0 Å². The molecule has 1 aromatic heterocycles. The number of benzene rings is 2. The number of nitrogens with two attached hydrogens (primary N) is 1. The first-order valence-electron chi connectivity index (χ1n) is 8.51. The second kappa shape index (κ2) is 8.55. The van der Waals surface area contributed by atoms with Gasteiger partial charge in [0.25, 0.3) is 11.5 Å². The lowest BCUT2D eigenvalue weighted by Crippen LogP contribution is -2.73. The number of hydrogen-bond acceptors (Lipinski definition) is 3. The average molecular weight is 380 g/mol. The lowest BCUT2D eigenvalue weighted by atomic mass is 10.2. The molecule has 0 saturated carbocycles. The number of anilines is 1. The summed E-state index contributed by atoms with van der Waals surface area (Å²) in [5, 5.41) is 3.04. The van der Waals surface area contributed by atoms with E-state index in [1.165, 1.54) is 11.6 Å². The highest BCUT2D eigenvalue weighted by Gasteiger charge is 2.07. The standard InChI is InChI=1S/C20H21N5OS/c1-13-3-7-15(8-4-13)22-19(21)25-20-23-16(11-18(26)24-20)12-27-17-9-5-14(2)6-10-17/h3-11H,12H2,1-2H3,(H4,21,22,23,24,25,26)/p+1. The van der Waals surface area contributed by atoms with Crippen LogP contribution in [0.25, 0.3) is 0 Å². The smallest absolute Gasteiger partial charge is 0.322 e. The number of hydrogen-bond donors (Lipinski definition) is 4. The maximum absolute atomic E-state index is 11.9. The number of aromatic amines is 1. The molecular weight excluding hydrogens is 358 g/mol. The van der Waals surface area contributed by atoms with Gasteiger partial charge >= 0.3 is 5.95 Å². The van der Waals surface area contributed by atoms with Crippen molar-refractivity contribution in [3.63, 3.8) is 0 Å². The van der Waals surface area contributed by atoms with Gasteiger partial charge in [0.2, 0.25) is 0 Å². The maximum atomic E-state index is 11.9. The minimum Gasteiger partial charge on any atom is -0.322 e. The lowest BCUT2D eigenvalue weighted by Gasteiger charge is -2.03. The van der Waals surface area contributed by atoms with E-state index in [4.69, 9.17) is 5.73 Å². The fraction of sp³-hybridized carbons (Fsp3) is 0.150. The van der Waals surface area contributed by atoms with Crippen molar-refractivity contribution < 1.29 is 4.99 Å². The third-order valence-electron chi connectivity index (χ3n) is 3.79. The Morgan fingerprint density at radius 2 is 1.74 bits per heavy atom. The van der Waals surface area contributed by atoms with Crippen molar-refractivity contribution in [2.45, 2.75) is 24.5 Å². The summed E-state index contributed by atoms with van der Waals surface area (Å²) in [6.07, 6.45) is 0. The van der Waals surface area contributed by atoms with Gasteiger partial charge in [0.05, 0.1) is 11.4 Å². The quantitative estimate of drug-likeness (QED) is 0.307. The van der Waals surface area contributed by atoms with Crippen molar-refractivity contribution >= 4 is 29.4 Å². The van der Waals surface area contributed by atoms with Crippen LogP contribution >= 0.6 is 11.8 Å². The zero-order valence-electron chi connectivity index (χ0n) is 15.2. The van der Waals surface area contributed by atoms with E-state index >= 15 is 0 Å². The Hall–Kier alpha value is -3.06. The minimum absolute atomic E-state index is 0.227. The fourth-order valence-electron chi connectivity index (χ4n) is 2.38. The molecule has 0 bridgehead atoms. The largest absolute Gasteiger partial charge is 0.325 e. The summed E-state index contributed by atoms with van der Waals surface area (Å²) in [6, 6.07) is 17.6. The molecule has 5 N–H and O–H groups in total. The average Bonchev–Trinajstić information content (AvgIpc) is 2.63. The van der Waals surface area contributed by atoms with Crippen LogP contribution in [-0.4, -0.2) is 15.9 Å². The number of guanidine groups is 1.